The Morgan fingerprint density at radius 3 is 1.36 bits per heavy atom. The van der Waals surface area contributed by atoms with Crippen molar-refractivity contribution in [2.24, 2.45) is 0 Å². The first-order chi connectivity index (χ1) is 11.6. The smallest absolute Gasteiger partial charge is 0.142 e. The average Bonchev–Trinajstić information content (AvgIpc) is 2.54. The molecule has 0 atom stereocenters. The van der Waals surface area contributed by atoms with E-state index in [0.29, 0.717) is 17.8 Å². The summed E-state index contributed by atoms with van der Waals surface area (Å²) in [6, 6.07) is 4.06. The number of hydrogen-bond donors (Lipinski definition) is 4. The topological polar surface area (TPSA) is 92.5 Å². The summed E-state index contributed by atoms with van der Waals surface area (Å²) in [4.78, 5) is 0. The molecule has 2 aromatic carbocycles. The Labute approximate surface area is 150 Å². The van der Waals surface area contributed by atoms with Crippen LogP contribution in [-0.4, -0.2) is 10.2 Å². The van der Waals surface area contributed by atoms with E-state index in [2.05, 4.69) is 0 Å². The lowest BCUT2D eigenvalue weighted by Gasteiger charge is -2.20. The van der Waals surface area contributed by atoms with Crippen molar-refractivity contribution >= 4 is 11.4 Å². The summed E-state index contributed by atoms with van der Waals surface area (Å²) in [7, 11) is 0. The predicted molar refractivity (Wildman–Crippen MR) is 105 cm³/mol. The van der Waals surface area contributed by atoms with Crippen molar-refractivity contribution in [3.05, 3.63) is 45.5 Å². The van der Waals surface area contributed by atoms with Crippen molar-refractivity contribution < 1.29 is 10.2 Å². The summed E-state index contributed by atoms with van der Waals surface area (Å²) in [5.74, 6) is 0.722. The van der Waals surface area contributed by atoms with Crippen LogP contribution in [0.4, 0.5) is 11.4 Å². The molecular weight excluding hydrogens is 312 g/mol. The van der Waals surface area contributed by atoms with Gasteiger partial charge in [-0.05, 0) is 65.5 Å². The molecule has 6 N–H and O–H groups in total. The lowest BCUT2D eigenvalue weighted by molar-refractivity contribution is 0.467. The van der Waals surface area contributed by atoms with Crippen molar-refractivity contribution in [2.75, 3.05) is 11.5 Å². The second-order valence-electron chi connectivity index (χ2n) is 7.51. The maximum absolute atomic E-state index is 10.3. The Bertz CT molecular complexity index is 741. The Kier molecular flexibility index (Phi) is 5.21. The first kappa shape index (κ1) is 19.0. The van der Waals surface area contributed by atoms with Gasteiger partial charge in [-0.3, -0.25) is 0 Å². The van der Waals surface area contributed by atoms with Gasteiger partial charge in [0.2, 0.25) is 0 Å². The van der Waals surface area contributed by atoms with Gasteiger partial charge in [0, 0.05) is 0 Å². The molecule has 136 valence electrons. The third kappa shape index (κ3) is 3.39. The summed E-state index contributed by atoms with van der Waals surface area (Å²) in [6.07, 6.45) is 0.659. The number of anilines is 2. The Hall–Kier alpha value is -2.36. The van der Waals surface area contributed by atoms with Gasteiger partial charge in [0.15, 0.2) is 0 Å². The number of nitrogen functional groups attached to an aromatic ring is 2. The first-order valence-corrected chi connectivity index (χ1v) is 8.77. The van der Waals surface area contributed by atoms with E-state index in [0.717, 1.165) is 33.4 Å². The third-order valence-electron chi connectivity index (χ3n) is 5.11. The Morgan fingerprint density at radius 1 is 0.760 bits per heavy atom. The molecule has 0 aromatic heterocycles. The minimum absolute atomic E-state index is 0.179. The molecular formula is C21H30N2O2. The summed E-state index contributed by atoms with van der Waals surface area (Å²) >= 11 is 0. The SMILES string of the molecule is Cc1c(Cc2cc(C(C)C)c(O)c(N)c2C)cc(C(C)C)c(O)c1N. The van der Waals surface area contributed by atoms with E-state index in [1.807, 2.05) is 53.7 Å². The number of phenolic OH excluding ortho intramolecular Hbond substituents is 2. The van der Waals surface area contributed by atoms with Crippen LogP contribution < -0.4 is 11.5 Å². The van der Waals surface area contributed by atoms with Crippen LogP contribution in [0.25, 0.3) is 0 Å². The molecule has 0 heterocycles. The van der Waals surface area contributed by atoms with E-state index in [9.17, 15) is 10.2 Å². The number of hydrogen-bond acceptors (Lipinski definition) is 4. The van der Waals surface area contributed by atoms with Gasteiger partial charge in [0.25, 0.3) is 0 Å². The van der Waals surface area contributed by atoms with Gasteiger partial charge in [-0.25, -0.2) is 0 Å². The zero-order chi connectivity index (χ0) is 19.0. The maximum atomic E-state index is 10.3. The molecule has 25 heavy (non-hydrogen) atoms. The van der Waals surface area contributed by atoms with Crippen molar-refractivity contribution in [1.29, 1.82) is 0 Å². The van der Waals surface area contributed by atoms with Crippen LogP contribution in [0.3, 0.4) is 0 Å². The molecule has 4 heteroatoms. The minimum atomic E-state index is 0.179. The zero-order valence-corrected chi connectivity index (χ0v) is 16.1. The van der Waals surface area contributed by atoms with Crippen LogP contribution in [0.2, 0.25) is 0 Å². The predicted octanol–water partition coefficient (Wildman–Crippen LogP) is 4.72. The maximum Gasteiger partial charge on any atom is 0.142 e. The van der Waals surface area contributed by atoms with E-state index in [4.69, 9.17) is 11.5 Å². The number of benzene rings is 2. The molecule has 2 rings (SSSR count). The van der Waals surface area contributed by atoms with Crippen LogP contribution in [0.15, 0.2) is 12.1 Å². The molecule has 0 radical (unpaired) electrons. The van der Waals surface area contributed by atoms with E-state index < -0.39 is 0 Å². The first-order valence-electron chi connectivity index (χ1n) is 8.77. The van der Waals surface area contributed by atoms with E-state index in [1.165, 1.54) is 0 Å². The molecule has 0 unspecified atom stereocenters. The van der Waals surface area contributed by atoms with Crippen LogP contribution in [0.5, 0.6) is 11.5 Å². The van der Waals surface area contributed by atoms with Crippen LogP contribution >= 0.6 is 0 Å². The van der Waals surface area contributed by atoms with Crippen molar-refractivity contribution in [2.45, 2.75) is 59.8 Å². The standard InChI is InChI=1S/C21H30N2O2/c1-10(2)16-8-14(12(5)18(22)20(16)24)7-15-9-17(11(3)4)21(25)19(23)13(15)6/h8-11,24-25H,7,22-23H2,1-6H3. The van der Waals surface area contributed by atoms with E-state index in [-0.39, 0.29) is 23.3 Å². The largest absolute Gasteiger partial charge is 0.505 e. The molecule has 0 aliphatic heterocycles. The quantitative estimate of drug-likeness (QED) is 0.478. The molecule has 0 saturated carbocycles. The molecule has 0 aliphatic rings. The third-order valence-corrected chi connectivity index (χ3v) is 5.11. The molecule has 0 spiro atoms. The minimum Gasteiger partial charge on any atom is -0.505 e. The summed E-state index contributed by atoms with van der Waals surface area (Å²) in [6.45, 7) is 12.0. The normalized spacial score (nSPS) is 11.5. The fourth-order valence-corrected chi connectivity index (χ4v) is 3.19. The molecule has 0 fully saturated rings. The van der Waals surface area contributed by atoms with Gasteiger partial charge in [-0.2, -0.15) is 0 Å². The number of rotatable bonds is 4. The molecule has 0 amide bonds. The zero-order valence-electron chi connectivity index (χ0n) is 16.1. The highest BCUT2D eigenvalue weighted by Crippen LogP contribution is 2.39. The molecule has 4 nitrogen and oxygen atoms in total. The van der Waals surface area contributed by atoms with Gasteiger partial charge in [-0.15, -0.1) is 0 Å². The van der Waals surface area contributed by atoms with Crippen molar-refractivity contribution in [1.82, 2.24) is 0 Å². The molecule has 0 saturated heterocycles. The molecule has 0 aliphatic carbocycles. The summed E-state index contributed by atoms with van der Waals surface area (Å²) in [5.41, 5.74) is 18.8. The highest BCUT2D eigenvalue weighted by molar-refractivity contribution is 5.67. The molecule has 0 bridgehead atoms. The average molecular weight is 342 g/mol. The second-order valence-corrected chi connectivity index (χ2v) is 7.51. The van der Waals surface area contributed by atoms with Gasteiger partial charge in [-0.1, -0.05) is 39.8 Å². The van der Waals surface area contributed by atoms with E-state index in [1.54, 1.807) is 0 Å². The van der Waals surface area contributed by atoms with Crippen LogP contribution in [0, 0.1) is 13.8 Å². The van der Waals surface area contributed by atoms with E-state index >= 15 is 0 Å². The summed E-state index contributed by atoms with van der Waals surface area (Å²) in [5, 5.41) is 20.6. The van der Waals surface area contributed by atoms with Gasteiger partial charge < -0.3 is 21.7 Å². The van der Waals surface area contributed by atoms with Gasteiger partial charge in [0.1, 0.15) is 11.5 Å². The Morgan fingerprint density at radius 2 is 1.08 bits per heavy atom. The number of aromatic hydroxyl groups is 2. The summed E-state index contributed by atoms with van der Waals surface area (Å²) < 4.78 is 0. The number of phenols is 2. The Balaban J connectivity index is 2.61. The highest BCUT2D eigenvalue weighted by atomic mass is 16.3. The number of nitrogens with two attached hydrogens (primary N) is 2. The fourth-order valence-electron chi connectivity index (χ4n) is 3.19. The highest BCUT2D eigenvalue weighted by Gasteiger charge is 2.19. The van der Waals surface area contributed by atoms with Crippen molar-refractivity contribution in [3.63, 3.8) is 0 Å². The van der Waals surface area contributed by atoms with Gasteiger partial charge >= 0.3 is 0 Å². The lowest BCUT2D eigenvalue weighted by Crippen LogP contribution is -2.05. The van der Waals surface area contributed by atoms with Crippen LogP contribution in [-0.2, 0) is 6.42 Å². The van der Waals surface area contributed by atoms with Crippen LogP contribution in [0.1, 0.15) is 72.9 Å². The lowest BCUT2D eigenvalue weighted by atomic mass is 9.88. The fraction of sp³-hybridized carbons (Fsp3) is 0.429. The second kappa shape index (κ2) is 6.87. The van der Waals surface area contributed by atoms with Gasteiger partial charge in [0.05, 0.1) is 11.4 Å². The monoisotopic (exact) mass is 342 g/mol. The molecule has 2 aromatic rings. The van der Waals surface area contributed by atoms with Crippen molar-refractivity contribution in [3.8, 4) is 11.5 Å².